The smallest absolute Gasteiger partial charge is 0.123 e. The van der Waals surface area contributed by atoms with Crippen LogP contribution in [0.4, 0.5) is 0 Å². The fourth-order valence-corrected chi connectivity index (χ4v) is 1.19. The SMILES string of the molecule is [CH]OCC(C)CC(C=O)C(C)C=O. The van der Waals surface area contributed by atoms with E-state index in [-0.39, 0.29) is 17.8 Å². The summed E-state index contributed by atoms with van der Waals surface area (Å²) in [6, 6.07) is 0. The summed E-state index contributed by atoms with van der Waals surface area (Å²) in [4.78, 5) is 21.0. The molecule has 0 spiro atoms. The normalized spacial score (nSPS) is 17.5. The molecule has 0 saturated heterocycles. The molecule has 0 fully saturated rings. The lowest BCUT2D eigenvalue weighted by Crippen LogP contribution is -2.19. The highest BCUT2D eigenvalue weighted by molar-refractivity contribution is 5.64. The topological polar surface area (TPSA) is 43.4 Å². The molecule has 0 aromatic heterocycles. The van der Waals surface area contributed by atoms with Gasteiger partial charge in [0.1, 0.15) is 19.7 Å². The minimum absolute atomic E-state index is 0.197. The number of carbonyl (C=O) groups is 2. The van der Waals surface area contributed by atoms with E-state index in [0.29, 0.717) is 13.0 Å². The van der Waals surface area contributed by atoms with Gasteiger partial charge in [0.05, 0.1) is 0 Å². The molecule has 0 N–H and O–H groups in total. The number of hydrogen-bond acceptors (Lipinski definition) is 3. The van der Waals surface area contributed by atoms with Gasteiger partial charge >= 0.3 is 0 Å². The van der Waals surface area contributed by atoms with Crippen molar-refractivity contribution in [2.75, 3.05) is 6.61 Å². The molecule has 13 heavy (non-hydrogen) atoms. The highest BCUT2D eigenvalue weighted by Crippen LogP contribution is 2.17. The van der Waals surface area contributed by atoms with Gasteiger partial charge in [-0.3, -0.25) is 0 Å². The van der Waals surface area contributed by atoms with Gasteiger partial charge in [-0.2, -0.15) is 0 Å². The van der Waals surface area contributed by atoms with Gasteiger partial charge in [0, 0.05) is 18.4 Å². The Labute approximate surface area is 79.5 Å². The van der Waals surface area contributed by atoms with Crippen LogP contribution in [-0.4, -0.2) is 19.2 Å². The molecule has 0 aliphatic carbocycles. The van der Waals surface area contributed by atoms with E-state index >= 15 is 0 Å². The van der Waals surface area contributed by atoms with Gasteiger partial charge in [-0.15, -0.1) is 0 Å². The molecular formula is C10H16O3. The molecule has 2 radical (unpaired) electrons. The van der Waals surface area contributed by atoms with Crippen molar-refractivity contribution in [2.24, 2.45) is 17.8 Å². The average molecular weight is 184 g/mol. The Bertz CT molecular complexity index is 156. The zero-order valence-corrected chi connectivity index (χ0v) is 8.10. The number of rotatable bonds is 7. The monoisotopic (exact) mass is 184 g/mol. The maximum atomic E-state index is 10.6. The molecule has 0 amide bonds. The highest BCUT2D eigenvalue weighted by Gasteiger charge is 2.18. The molecule has 0 rings (SSSR count). The number of carbonyl (C=O) groups excluding carboxylic acids is 2. The minimum Gasteiger partial charge on any atom is -0.372 e. The van der Waals surface area contributed by atoms with Crippen molar-refractivity contribution in [3.8, 4) is 0 Å². The Morgan fingerprint density at radius 1 is 1.31 bits per heavy atom. The van der Waals surface area contributed by atoms with Crippen molar-refractivity contribution < 1.29 is 14.3 Å². The molecule has 0 bridgehead atoms. The van der Waals surface area contributed by atoms with Crippen LogP contribution in [0.3, 0.4) is 0 Å². The van der Waals surface area contributed by atoms with Crippen LogP contribution >= 0.6 is 0 Å². The van der Waals surface area contributed by atoms with Crippen molar-refractivity contribution in [3.05, 3.63) is 7.11 Å². The van der Waals surface area contributed by atoms with Crippen LogP contribution in [0, 0.1) is 24.9 Å². The summed E-state index contributed by atoms with van der Waals surface area (Å²) >= 11 is 0. The van der Waals surface area contributed by atoms with Crippen LogP contribution in [-0.2, 0) is 14.3 Å². The fourth-order valence-electron chi connectivity index (χ4n) is 1.19. The Morgan fingerprint density at radius 2 is 1.92 bits per heavy atom. The number of hydrogen-bond donors (Lipinski definition) is 0. The Balaban J connectivity index is 3.96. The summed E-state index contributed by atoms with van der Waals surface area (Å²) in [5, 5.41) is 0. The predicted octanol–water partition coefficient (Wildman–Crippen LogP) is 1.35. The molecule has 3 unspecified atom stereocenters. The van der Waals surface area contributed by atoms with Crippen LogP contribution in [0.5, 0.6) is 0 Å². The molecule has 0 saturated carbocycles. The van der Waals surface area contributed by atoms with Crippen molar-refractivity contribution in [1.29, 1.82) is 0 Å². The second-order valence-electron chi connectivity index (χ2n) is 3.47. The third-order valence-electron chi connectivity index (χ3n) is 2.12. The summed E-state index contributed by atoms with van der Waals surface area (Å²) in [7, 11) is 4.90. The van der Waals surface area contributed by atoms with E-state index in [1.807, 2.05) is 6.92 Å². The number of aldehydes is 2. The van der Waals surface area contributed by atoms with Gasteiger partial charge in [0.25, 0.3) is 0 Å². The first kappa shape index (κ1) is 12.3. The molecule has 3 heteroatoms. The summed E-state index contributed by atoms with van der Waals surface area (Å²) in [5.74, 6) is -0.247. The molecule has 0 aromatic carbocycles. The third kappa shape index (κ3) is 4.78. The first-order valence-corrected chi connectivity index (χ1v) is 4.38. The van der Waals surface area contributed by atoms with Gasteiger partial charge in [0.2, 0.25) is 0 Å². The Morgan fingerprint density at radius 3 is 2.31 bits per heavy atom. The van der Waals surface area contributed by atoms with Gasteiger partial charge in [0.15, 0.2) is 0 Å². The fraction of sp³-hybridized carbons (Fsp3) is 0.700. The Kier molecular flexibility index (Phi) is 6.41. The summed E-state index contributed by atoms with van der Waals surface area (Å²) in [6.45, 7) is 4.08. The maximum Gasteiger partial charge on any atom is 0.123 e. The first-order valence-electron chi connectivity index (χ1n) is 4.38. The zero-order chi connectivity index (χ0) is 10.3. The van der Waals surface area contributed by atoms with E-state index in [0.717, 1.165) is 12.6 Å². The van der Waals surface area contributed by atoms with Crippen LogP contribution in [0.25, 0.3) is 0 Å². The van der Waals surface area contributed by atoms with Gasteiger partial charge in [-0.1, -0.05) is 13.8 Å². The van der Waals surface area contributed by atoms with Crippen molar-refractivity contribution in [3.63, 3.8) is 0 Å². The molecule has 0 heterocycles. The maximum absolute atomic E-state index is 10.6. The molecular weight excluding hydrogens is 168 g/mol. The van der Waals surface area contributed by atoms with Gasteiger partial charge in [-0.25, -0.2) is 0 Å². The zero-order valence-electron chi connectivity index (χ0n) is 8.10. The summed E-state index contributed by atoms with van der Waals surface area (Å²) < 4.78 is 4.46. The average Bonchev–Trinajstić information content (AvgIpc) is 2.13. The molecule has 74 valence electrons. The summed E-state index contributed by atoms with van der Waals surface area (Å²) in [5.41, 5.74) is 0. The standard InChI is InChI=1S/C10H16O3/c1-8(7-13-3)4-10(6-12)9(2)5-11/h3,5-6,8-10H,4,7H2,1-2H3. The number of ether oxygens (including phenoxy) is 1. The first-order chi connectivity index (χ1) is 6.15. The Hall–Kier alpha value is -0.700. The van der Waals surface area contributed by atoms with E-state index in [2.05, 4.69) is 4.74 Å². The van der Waals surface area contributed by atoms with Crippen molar-refractivity contribution >= 4 is 12.6 Å². The van der Waals surface area contributed by atoms with Crippen molar-refractivity contribution in [1.82, 2.24) is 0 Å². The molecule has 3 nitrogen and oxygen atoms in total. The third-order valence-corrected chi connectivity index (χ3v) is 2.12. The predicted molar refractivity (Wildman–Crippen MR) is 48.8 cm³/mol. The van der Waals surface area contributed by atoms with Crippen LogP contribution in [0.15, 0.2) is 0 Å². The van der Waals surface area contributed by atoms with Crippen LogP contribution in [0.1, 0.15) is 20.3 Å². The van der Waals surface area contributed by atoms with E-state index in [1.165, 1.54) is 0 Å². The molecule has 0 aliphatic heterocycles. The van der Waals surface area contributed by atoms with E-state index < -0.39 is 0 Å². The van der Waals surface area contributed by atoms with Crippen LogP contribution < -0.4 is 0 Å². The second kappa shape index (κ2) is 6.78. The largest absolute Gasteiger partial charge is 0.372 e. The van der Waals surface area contributed by atoms with Gasteiger partial charge < -0.3 is 14.3 Å². The molecule has 3 atom stereocenters. The minimum atomic E-state index is -0.224. The quantitative estimate of drug-likeness (QED) is 0.561. The lowest BCUT2D eigenvalue weighted by Gasteiger charge is -2.17. The second-order valence-corrected chi connectivity index (χ2v) is 3.47. The summed E-state index contributed by atoms with van der Waals surface area (Å²) in [6.07, 6.45) is 2.27. The lowest BCUT2D eigenvalue weighted by molar-refractivity contribution is -0.119. The van der Waals surface area contributed by atoms with E-state index in [1.54, 1.807) is 6.92 Å². The lowest BCUT2D eigenvalue weighted by atomic mass is 9.88. The van der Waals surface area contributed by atoms with Gasteiger partial charge in [-0.05, 0) is 12.3 Å². The van der Waals surface area contributed by atoms with E-state index in [9.17, 15) is 9.59 Å². The molecule has 0 aliphatic rings. The van der Waals surface area contributed by atoms with Crippen LogP contribution in [0.2, 0.25) is 0 Å². The molecule has 0 aromatic rings. The highest BCUT2D eigenvalue weighted by atomic mass is 16.5. The van der Waals surface area contributed by atoms with Crippen molar-refractivity contribution in [2.45, 2.75) is 20.3 Å². The van der Waals surface area contributed by atoms with E-state index in [4.69, 9.17) is 7.11 Å².